The normalized spacial score (nSPS) is 27.5. The predicted molar refractivity (Wildman–Crippen MR) is 83.0 cm³/mol. The highest BCUT2D eigenvalue weighted by Crippen LogP contribution is 2.35. The summed E-state index contributed by atoms with van der Waals surface area (Å²) in [6, 6.07) is 9.32. The van der Waals surface area contributed by atoms with Crippen molar-refractivity contribution in [3.63, 3.8) is 0 Å². The van der Waals surface area contributed by atoms with Crippen LogP contribution in [0.3, 0.4) is 0 Å². The zero-order valence-electron chi connectivity index (χ0n) is 12.8. The SMILES string of the molecule is COCc1ccccc1C(CN)N1CCOC2CCCC21. The average molecular weight is 290 g/mol. The summed E-state index contributed by atoms with van der Waals surface area (Å²) in [6.45, 7) is 3.09. The van der Waals surface area contributed by atoms with E-state index in [1.54, 1.807) is 7.11 Å². The molecule has 2 fully saturated rings. The van der Waals surface area contributed by atoms with E-state index in [-0.39, 0.29) is 6.04 Å². The Morgan fingerprint density at radius 3 is 3.05 bits per heavy atom. The smallest absolute Gasteiger partial charge is 0.0731 e. The molecule has 4 nitrogen and oxygen atoms in total. The molecule has 1 saturated heterocycles. The van der Waals surface area contributed by atoms with E-state index >= 15 is 0 Å². The molecule has 2 N–H and O–H groups in total. The van der Waals surface area contributed by atoms with Gasteiger partial charge in [0.15, 0.2) is 0 Å². The molecule has 1 aromatic rings. The second-order valence-electron chi connectivity index (χ2n) is 6.03. The van der Waals surface area contributed by atoms with E-state index < -0.39 is 0 Å². The first-order valence-corrected chi connectivity index (χ1v) is 7.99. The van der Waals surface area contributed by atoms with E-state index in [0.29, 0.717) is 25.3 Å². The number of ether oxygens (including phenoxy) is 2. The average Bonchev–Trinajstić information content (AvgIpc) is 2.99. The fraction of sp³-hybridized carbons (Fsp3) is 0.647. The maximum absolute atomic E-state index is 6.16. The van der Waals surface area contributed by atoms with Crippen molar-refractivity contribution < 1.29 is 9.47 Å². The van der Waals surface area contributed by atoms with Crippen LogP contribution in [0.5, 0.6) is 0 Å². The Kier molecular flexibility index (Phi) is 4.91. The second kappa shape index (κ2) is 6.88. The monoisotopic (exact) mass is 290 g/mol. The molecule has 0 amide bonds. The molecule has 2 aliphatic rings. The summed E-state index contributed by atoms with van der Waals surface area (Å²) in [5, 5.41) is 0. The van der Waals surface area contributed by atoms with Crippen molar-refractivity contribution >= 4 is 0 Å². The van der Waals surface area contributed by atoms with Crippen molar-refractivity contribution in [1.82, 2.24) is 4.90 Å². The Bertz CT molecular complexity index is 466. The van der Waals surface area contributed by atoms with Crippen LogP contribution in [0, 0.1) is 0 Å². The summed E-state index contributed by atoms with van der Waals surface area (Å²) in [6.07, 6.45) is 4.09. The minimum Gasteiger partial charge on any atom is -0.380 e. The lowest BCUT2D eigenvalue weighted by Crippen LogP contribution is -2.51. The minimum absolute atomic E-state index is 0.269. The van der Waals surface area contributed by atoms with Crippen LogP contribution in [-0.2, 0) is 16.1 Å². The Morgan fingerprint density at radius 2 is 2.24 bits per heavy atom. The van der Waals surface area contributed by atoms with Crippen LogP contribution in [0.1, 0.15) is 36.4 Å². The van der Waals surface area contributed by atoms with E-state index in [4.69, 9.17) is 15.2 Å². The Labute approximate surface area is 127 Å². The van der Waals surface area contributed by atoms with Gasteiger partial charge < -0.3 is 15.2 Å². The second-order valence-corrected chi connectivity index (χ2v) is 6.03. The minimum atomic E-state index is 0.269. The number of hydrogen-bond donors (Lipinski definition) is 1. The molecule has 1 saturated carbocycles. The first-order chi connectivity index (χ1) is 10.3. The quantitative estimate of drug-likeness (QED) is 0.902. The summed E-state index contributed by atoms with van der Waals surface area (Å²) in [5.41, 5.74) is 8.72. The number of fused-ring (bicyclic) bond motifs is 1. The van der Waals surface area contributed by atoms with E-state index in [1.165, 1.54) is 30.4 Å². The number of benzene rings is 1. The Hall–Kier alpha value is -0.940. The van der Waals surface area contributed by atoms with Gasteiger partial charge in [-0.3, -0.25) is 4.90 Å². The molecule has 0 bridgehead atoms. The fourth-order valence-corrected chi connectivity index (χ4v) is 3.93. The summed E-state index contributed by atoms with van der Waals surface area (Å²) in [5.74, 6) is 0. The highest BCUT2D eigenvalue weighted by atomic mass is 16.5. The number of nitrogens with two attached hydrogens (primary N) is 1. The molecular weight excluding hydrogens is 264 g/mol. The van der Waals surface area contributed by atoms with Crippen molar-refractivity contribution in [2.24, 2.45) is 5.73 Å². The molecule has 1 heterocycles. The number of morpholine rings is 1. The van der Waals surface area contributed by atoms with Gasteiger partial charge in [-0.05, 0) is 30.4 Å². The van der Waals surface area contributed by atoms with Crippen LogP contribution in [-0.4, -0.2) is 43.9 Å². The standard InChI is InChI=1S/C17H26N2O2/c1-20-12-13-5-2-3-6-14(13)16(11-18)19-9-10-21-17-8-4-7-15(17)19/h2-3,5-6,15-17H,4,7-12,18H2,1H3. The highest BCUT2D eigenvalue weighted by Gasteiger charge is 2.39. The van der Waals surface area contributed by atoms with Gasteiger partial charge in [0.2, 0.25) is 0 Å². The largest absolute Gasteiger partial charge is 0.380 e. The molecule has 3 atom stereocenters. The van der Waals surface area contributed by atoms with Gasteiger partial charge in [0.25, 0.3) is 0 Å². The third kappa shape index (κ3) is 2.99. The van der Waals surface area contributed by atoms with Crippen molar-refractivity contribution in [3.05, 3.63) is 35.4 Å². The lowest BCUT2D eigenvalue weighted by Gasteiger charge is -2.43. The Balaban J connectivity index is 1.87. The maximum atomic E-state index is 6.16. The lowest BCUT2D eigenvalue weighted by molar-refractivity contribution is -0.0713. The van der Waals surface area contributed by atoms with Crippen molar-refractivity contribution in [1.29, 1.82) is 0 Å². The first kappa shape index (κ1) is 15.0. The molecule has 21 heavy (non-hydrogen) atoms. The van der Waals surface area contributed by atoms with Crippen LogP contribution in [0.15, 0.2) is 24.3 Å². The molecule has 4 heteroatoms. The van der Waals surface area contributed by atoms with E-state index in [1.807, 2.05) is 0 Å². The van der Waals surface area contributed by atoms with E-state index in [9.17, 15) is 0 Å². The van der Waals surface area contributed by atoms with Crippen LogP contribution >= 0.6 is 0 Å². The molecule has 1 aromatic carbocycles. The summed E-state index contributed by atoms with van der Waals surface area (Å²) in [7, 11) is 1.75. The number of hydrogen-bond acceptors (Lipinski definition) is 4. The van der Waals surface area contributed by atoms with Gasteiger partial charge in [0.05, 0.1) is 19.3 Å². The fourth-order valence-electron chi connectivity index (χ4n) is 3.93. The van der Waals surface area contributed by atoms with Crippen LogP contribution in [0.25, 0.3) is 0 Å². The summed E-state index contributed by atoms with van der Waals surface area (Å²) < 4.78 is 11.3. The molecule has 1 aliphatic carbocycles. The predicted octanol–water partition coefficient (Wildman–Crippen LogP) is 2.09. The number of nitrogens with zero attached hydrogens (tertiary/aromatic N) is 1. The van der Waals surface area contributed by atoms with Crippen LogP contribution in [0.2, 0.25) is 0 Å². The molecule has 1 aliphatic heterocycles. The summed E-state index contributed by atoms with van der Waals surface area (Å²) >= 11 is 0. The van der Waals surface area contributed by atoms with Gasteiger partial charge in [-0.15, -0.1) is 0 Å². The van der Waals surface area contributed by atoms with Gasteiger partial charge in [0, 0.05) is 32.3 Å². The molecule has 3 rings (SSSR count). The van der Waals surface area contributed by atoms with Crippen LogP contribution < -0.4 is 5.73 Å². The van der Waals surface area contributed by atoms with E-state index in [2.05, 4.69) is 29.2 Å². The molecular formula is C17H26N2O2. The third-order valence-corrected chi connectivity index (χ3v) is 4.86. The van der Waals surface area contributed by atoms with Gasteiger partial charge >= 0.3 is 0 Å². The number of methoxy groups -OCH3 is 1. The maximum Gasteiger partial charge on any atom is 0.0731 e. The van der Waals surface area contributed by atoms with Gasteiger partial charge in [-0.25, -0.2) is 0 Å². The van der Waals surface area contributed by atoms with E-state index in [0.717, 1.165) is 13.2 Å². The van der Waals surface area contributed by atoms with Crippen molar-refractivity contribution in [2.45, 2.75) is 44.1 Å². The Morgan fingerprint density at radius 1 is 1.38 bits per heavy atom. The molecule has 0 radical (unpaired) electrons. The summed E-state index contributed by atoms with van der Waals surface area (Å²) in [4.78, 5) is 2.58. The molecule has 116 valence electrons. The lowest BCUT2D eigenvalue weighted by atomic mass is 9.96. The van der Waals surface area contributed by atoms with Gasteiger partial charge in [-0.2, -0.15) is 0 Å². The van der Waals surface area contributed by atoms with Crippen molar-refractivity contribution in [3.8, 4) is 0 Å². The zero-order chi connectivity index (χ0) is 14.7. The molecule has 0 spiro atoms. The number of rotatable bonds is 5. The zero-order valence-corrected chi connectivity index (χ0v) is 12.8. The third-order valence-electron chi connectivity index (χ3n) is 4.86. The van der Waals surface area contributed by atoms with Gasteiger partial charge in [0.1, 0.15) is 0 Å². The molecule has 0 aromatic heterocycles. The highest BCUT2D eigenvalue weighted by molar-refractivity contribution is 5.30. The first-order valence-electron chi connectivity index (χ1n) is 7.99. The van der Waals surface area contributed by atoms with Gasteiger partial charge in [-0.1, -0.05) is 24.3 Å². The topological polar surface area (TPSA) is 47.7 Å². The van der Waals surface area contributed by atoms with Crippen LogP contribution in [0.4, 0.5) is 0 Å². The van der Waals surface area contributed by atoms with Crippen molar-refractivity contribution in [2.75, 3.05) is 26.8 Å². The molecule has 3 unspecified atom stereocenters.